The van der Waals surface area contributed by atoms with Gasteiger partial charge in [0.2, 0.25) is 0 Å². The van der Waals surface area contributed by atoms with Gasteiger partial charge in [0.15, 0.2) is 0 Å². The Balaban J connectivity index is 0.00000169. The number of rotatable bonds is 2. The van der Waals surface area contributed by atoms with E-state index < -0.39 is 23.3 Å². The van der Waals surface area contributed by atoms with Crippen LogP contribution < -0.4 is 10.2 Å². The van der Waals surface area contributed by atoms with Crippen LogP contribution in [-0.4, -0.2) is 65.9 Å². The number of aromatic carboxylic acids is 2. The zero-order chi connectivity index (χ0) is 10.0. The van der Waals surface area contributed by atoms with E-state index in [9.17, 15) is 19.8 Å². The maximum absolute atomic E-state index is 10.8. The maximum atomic E-state index is 10.8. The van der Waals surface area contributed by atoms with E-state index in [1.54, 1.807) is 0 Å². The van der Waals surface area contributed by atoms with Crippen LogP contribution in [0, 0.1) is 0 Å². The van der Waals surface area contributed by atoms with Crippen molar-refractivity contribution in [2.75, 3.05) is 0 Å². The molecule has 0 aliphatic rings. The van der Waals surface area contributed by atoms with Crippen LogP contribution in [0.5, 0.6) is 5.75 Å². The number of carboxylic acid groups (broad SMARTS) is 2. The fourth-order valence-electron chi connectivity index (χ4n) is 0.824. The van der Waals surface area contributed by atoms with Crippen molar-refractivity contribution < 1.29 is 24.9 Å². The minimum atomic E-state index is -1.51. The van der Waals surface area contributed by atoms with Crippen LogP contribution in [0.4, 0.5) is 0 Å². The number of hydrogen-bond donors (Lipinski definition) is 1. The van der Waals surface area contributed by atoms with E-state index in [4.69, 9.17) is 5.11 Å². The van der Waals surface area contributed by atoms with Gasteiger partial charge in [0.25, 0.3) is 0 Å². The van der Waals surface area contributed by atoms with Crippen molar-refractivity contribution in [3.05, 3.63) is 29.3 Å². The summed E-state index contributed by atoms with van der Waals surface area (Å²) < 4.78 is 0. The van der Waals surface area contributed by atoms with E-state index in [0.29, 0.717) is 0 Å². The van der Waals surface area contributed by atoms with E-state index in [0.717, 1.165) is 18.2 Å². The zero-order valence-electron chi connectivity index (χ0n) is 7.02. The first-order valence-electron chi connectivity index (χ1n) is 3.28. The van der Waals surface area contributed by atoms with Gasteiger partial charge in [-0.3, -0.25) is 0 Å². The fraction of sp³-hybridized carbons (Fsp3) is 0. The summed E-state index contributed by atoms with van der Waals surface area (Å²) in [6.07, 6.45) is 0. The molecule has 1 N–H and O–H groups in total. The molecule has 0 radical (unpaired) electrons. The molecular formula is C8H4BaO5. The van der Waals surface area contributed by atoms with Crippen LogP contribution >= 0.6 is 0 Å². The predicted octanol–water partition coefficient (Wildman–Crippen LogP) is -1.56. The van der Waals surface area contributed by atoms with Crippen molar-refractivity contribution in [3.63, 3.8) is 0 Å². The number of carbonyl (C=O) groups is 2. The Morgan fingerprint density at radius 1 is 1.29 bits per heavy atom. The quantitative estimate of drug-likeness (QED) is 0.665. The maximum Gasteiger partial charge on any atom is 2.00 e. The number of hydrogen-bond acceptors (Lipinski definition) is 4. The number of carboxylic acids is 2. The van der Waals surface area contributed by atoms with Crippen molar-refractivity contribution in [3.8, 4) is 5.75 Å². The van der Waals surface area contributed by atoms with E-state index in [1.165, 1.54) is 0 Å². The first kappa shape index (κ1) is 13.5. The third kappa shape index (κ3) is 3.03. The summed E-state index contributed by atoms with van der Waals surface area (Å²) in [7, 11) is 0. The van der Waals surface area contributed by atoms with Gasteiger partial charge in [-0.15, -0.1) is 0 Å². The molecule has 0 aliphatic carbocycles. The minimum absolute atomic E-state index is 0. The molecule has 0 heterocycles. The van der Waals surface area contributed by atoms with E-state index in [-0.39, 0.29) is 54.4 Å². The average Bonchev–Trinajstić information content (AvgIpc) is 2.04. The molecule has 0 saturated heterocycles. The van der Waals surface area contributed by atoms with Gasteiger partial charge in [-0.2, -0.15) is 0 Å². The van der Waals surface area contributed by atoms with Gasteiger partial charge in [0.05, 0.1) is 11.5 Å². The SMILES string of the molecule is O=C([O-])c1ccc([O-])c(C(=O)O)c1.[Ba+2]. The molecule has 0 atom stereocenters. The van der Waals surface area contributed by atoms with E-state index in [2.05, 4.69) is 0 Å². The first-order valence-corrected chi connectivity index (χ1v) is 3.28. The van der Waals surface area contributed by atoms with Crippen LogP contribution in [0.3, 0.4) is 0 Å². The molecule has 0 unspecified atom stereocenters. The Morgan fingerprint density at radius 2 is 1.86 bits per heavy atom. The summed E-state index contributed by atoms with van der Waals surface area (Å²) >= 11 is 0. The summed E-state index contributed by atoms with van der Waals surface area (Å²) in [6.45, 7) is 0. The third-order valence-corrected chi connectivity index (χ3v) is 1.45. The second-order valence-corrected chi connectivity index (χ2v) is 2.30. The zero-order valence-corrected chi connectivity index (χ0v) is 11.5. The van der Waals surface area contributed by atoms with Crippen LogP contribution in [0.25, 0.3) is 0 Å². The smallest absolute Gasteiger partial charge is 0.872 e. The summed E-state index contributed by atoms with van der Waals surface area (Å²) in [5.74, 6) is -3.69. The van der Waals surface area contributed by atoms with Crippen LogP contribution in [-0.2, 0) is 0 Å². The van der Waals surface area contributed by atoms with Gasteiger partial charge in [0, 0.05) is 0 Å². The molecule has 0 spiro atoms. The molecule has 68 valence electrons. The second kappa shape index (κ2) is 5.42. The van der Waals surface area contributed by atoms with Gasteiger partial charge >= 0.3 is 54.9 Å². The molecule has 14 heavy (non-hydrogen) atoms. The number of benzene rings is 1. The third-order valence-electron chi connectivity index (χ3n) is 1.45. The predicted molar refractivity (Wildman–Crippen MR) is 42.9 cm³/mol. The van der Waals surface area contributed by atoms with Gasteiger partial charge in [-0.1, -0.05) is 17.9 Å². The monoisotopic (exact) mass is 318 g/mol. The van der Waals surface area contributed by atoms with Crippen molar-refractivity contribution in [1.29, 1.82) is 0 Å². The molecule has 0 saturated carbocycles. The molecule has 1 rings (SSSR count). The van der Waals surface area contributed by atoms with Gasteiger partial charge in [-0.25, -0.2) is 4.79 Å². The van der Waals surface area contributed by atoms with Gasteiger partial charge in [-0.05, 0) is 11.6 Å². The Labute approximate surface area is 119 Å². The van der Waals surface area contributed by atoms with Crippen molar-refractivity contribution in [2.45, 2.75) is 0 Å². The Hall–Kier alpha value is -0.469. The topological polar surface area (TPSA) is 100 Å². The number of carbonyl (C=O) groups excluding carboxylic acids is 1. The largest absolute Gasteiger partial charge is 2.00 e. The average molecular weight is 317 g/mol. The minimum Gasteiger partial charge on any atom is -0.872 e. The summed E-state index contributed by atoms with van der Waals surface area (Å²) in [4.78, 5) is 20.7. The van der Waals surface area contributed by atoms with Crippen molar-refractivity contribution in [2.24, 2.45) is 0 Å². The van der Waals surface area contributed by atoms with Gasteiger partial charge in [0.1, 0.15) is 0 Å². The first-order chi connectivity index (χ1) is 6.02. The van der Waals surface area contributed by atoms with Gasteiger partial charge < -0.3 is 20.1 Å². The second-order valence-electron chi connectivity index (χ2n) is 2.30. The summed E-state index contributed by atoms with van der Waals surface area (Å²) in [5.41, 5.74) is -0.890. The van der Waals surface area contributed by atoms with Crippen LogP contribution in [0.15, 0.2) is 18.2 Å². The summed E-state index contributed by atoms with van der Waals surface area (Å²) in [5, 5.41) is 29.6. The molecule has 1 aromatic rings. The van der Waals surface area contributed by atoms with E-state index in [1.807, 2.05) is 0 Å². The van der Waals surface area contributed by atoms with Crippen LogP contribution in [0.1, 0.15) is 20.7 Å². The Bertz CT molecular complexity index is 374. The molecule has 0 bridgehead atoms. The van der Waals surface area contributed by atoms with E-state index >= 15 is 0 Å². The van der Waals surface area contributed by atoms with Crippen molar-refractivity contribution >= 4 is 60.8 Å². The molecule has 6 heteroatoms. The standard InChI is InChI=1S/C8H6O5.Ba/c9-6-2-1-4(7(10)11)3-5(6)8(12)13;/h1-3,9H,(H,10,11)(H,12,13);/q;+2/p-2. The molecule has 0 aromatic heterocycles. The fourth-order valence-corrected chi connectivity index (χ4v) is 0.824. The molecule has 1 aromatic carbocycles. The Morgan fingerprint density at radius 3 is 2.29 bits per heavy atom. The Kier molecular flexibility index (Phi) is 5.24. The molecule has 0 fully saturated rings. The molecule has 5 nitrogen and oxygen atoms in total. The molecular weight excluding hydrogens is 313 g/mol. The normalized spacial score (nSPS) is 8.86. The molecule has 0 amide bonds. The van der Waals surface area contributed by atoms with Crippen molar-refractivity contribution in [1.82, 2.24) is 0 Å². The van der Waals surface area contributed by atoms with Crippen LogP contribution in [0.2, 0.25) is 0 Å². The summed E-state index contributed by atoms with van der Waals surface area (Å²) in [6, 6.07) is 2.67. The molecule has 0 aliphatic heterocycles.